The van der Waals surface area contributed by atoms with E-state index >= 15 is 0 Å². The molecule has 0 heterocycles. The molecule has 0 aliphatic rings. The third kappa shape index (κ3) is 4.49. The van der Waals surface area contributed by atoms with Crippen molar-refractivity contribution in [3.63, 3.8) is 0 Å². The summed E-state index contributed by atoms with van der Waals surface area (Å²) in [4.78, 5) is 0. The first-order valence-electron chi connectivity index (χ1n) is 5.41. The van der Waals surface area contributed by atoms with E-state index in [0.29, 0.717) is 0 Å². The normalized spacial score (nSPS) is 16.4. The number of nitrogens with zero attached hydrogens (tertiary/aromatic N) is 4. The van der Waals surface area contributed by atoms with E-state index in [1.807, 2.05) is 12.1 Å². The van der Waals surface area contributed by atoms with Gasteiger partial charge >= 0.3 is 0 Å². The third-order valence-electron chi connectivity index (χ3n) is 2.75. The molecule has 0 bridgehead atoms. The van der Waals surface area contributed by atoms with E-state index in [4.69, 9.17) is 0 Å². The van der Waals surface area contributed by atoms with Gasteiger partial charge in [0, 0.05) is 12.1 Å². The van der Waals surface area contributed by atoms with Crippen LogP contribution in [-0.2, 0) is 0 Å². The average Bonchev–Trinajstić information content (AvgIpc) is 2.12. The zero-order chi connectivity index (χ0) is 14.0. The topological polar surface area (TPSA) is 13.0 Å². The van der Waals surface area contributed by atoms with Crippen molar-refractivity contribution in [1.82, 2.24) is 16.0 Å². The van der Waals surface area contributed by atoms with Gasteiger partial charge in [-0.25, -0.2) is 4.31 Å². The molecule has 0 N–H and O–H groups in total. The van der Waals surface area contributed by atoms with Gasteiger partial charge < -0.3 is 0 Å². The number of rotatable bonds is 6. The first-order chi connectivity index (χ1) is 7.44. The molecule has 0 fully saturated rings. The highest BCUT2D eigenvalue weighted by atomic mass is 32.4. The molecule has 0 aromatic carbocycles. The van der Waals surface area contributed by atoms with Gasteiger partial charge in [0.1, 0.15) is 0 Å². The summed E-state index contributed by atoms with van der Waals surface area (Å²) < 4.78 is 9.46. The van der Waals surface area contributed by atoms with E-state index in [2.05, 4.69) is 83.3 Å². The Bertz CT molecular complexity index is 222. The van der Waals surface area contributed by atoms with Crippen LogP contribution in [0.5, 0.6) is 0 Å². The largest absolute Gasteiger partial charge is 0.261 e. The Labute approximate surface area is 116 Å². The minimum atomic E-state index is -0.953. The van der Waals surface area contributed by atoms with Crippen LogP contribution in [0.3, 0.4) is 0 Å². The molecule has 0 aliphatic carbocycles. The molecule has 17 heavy (non-hydrogen) atoms. The summed E-state index contributed by atoms with van der Waals surface area (Å²) in [5.41, 5.74) is 0. The molecule has 0 atom stereocenters. The average molecular weight is 303 g/mol. The Kier molecular flexibility index (Phi) is 6.70. The minimum absolute atomic E-state index is 0.953. The predicted octanol–water partition coefficient (Wildman–Crippen LogP) is 2.32. The van der Waals surface area contributed by atoms with Crippen LogP contribution in [0, 0.1) is 0 Å². The van der Waals surface area contributed by atoms with Crippen LogP contribution in [-0.4, -0.2) is 83.3 Å². The van der Waals surface area contributed by atoms with Gasteiger partial charge in [0.15, 0.2) is 0 Å². The summed E-state index contributed by atoms with van der Waals surface area (Å²) in [6.07, 6.45) is 9.40. The van der Waals surface area contributed by atoms with Crippen LogP contribution >= 0.6 is 32.9 Å². The molecule has 0 radical (unpaired) electrons. The van der Waals surface area contributed by atoms with Crippen molar-refractivity contribution in [3.05, 3.63) is 0 Å². The van der Waals surface area contributed by atoms with Gasteiger partial charge in [0.25, 0.3) is 0 Å². The summed E-state index contributed by atoms with van der Waals surface area (Å²) >= 11 is 1.83. The van der Waals surface area contributed by atoms with Crippen molar-refractivity contribution in [1.29, 1.82) is 0 Å². The molecule has 0 amide bonds. The molecule has 0 aromatic rings. The quantitative estimate of drug-likeness (QED) is 0.696. The molecule has 0 spiro atoms. The summed E-state index contributed by atoms with van der Waals surface area (Å²) in [6.45, 7) is 0. The van der Waals surface area contributed by atoms with Crippen LogP contribution in [0.25, 0.3) is 0 Å². The maximum atomic E-state index is 2.58. The van der Waals surface area contributed by atoms with Gasteiger partial charge in [-0.2, -0.15) is 0 Å². The zero-order valence-electron chi connectivity index (χ0n) is 13.0. The lowest BCUT2D eigenvalue weighted by molar-refractivity contribution is 0.632. The highest BCUT2D eigenvalue weighted by molar-refractivity contribution is 8.48. The molecule has 7 heteroatoms. The molecule has 0 saturated carbocycles. The fourth-order valence-electron chi connectivity index (χ4n) is 1.01. The molecule has 0 aromatic heterocycles. The fraction of sp³-hybridized carbons (Fsp3) is 1.00. The highest BCUT2D eigenvalue weighted by Gasteiger charge is 2.36. The molecule has 0 unspecified atom stereocenters. The van der Waals surface area contributed by atoms with Crippen LogP contribution < -0.4 is 0 Å². The Hall–Kier alpha value is 0.890. The number of hydrogen-bond acceptors (Lipinski definition) is 5. The van der Waals surface area contributed by atoms with Crippen LogP contribution in [0.4, 0.5) is 0 Å². The lowest BCUT2D eigenvalue weighted by Gasteiger charge is -2.58. The van der Waals surface area contributed by atoms with Gasteiger partial charge in [-0.15, -0.1) is 23.9 Å². The Morgan fingerprint density at radius 3 is 1.12 bits per heavy atom. The lowest BCUT2D eigenvalue weighted by atomic mass is 11.3. The first-order valence-corrected chi connectivity index (χ1v) is 10.9. The van der Waals surface area contributed by atoms with E-state index < -0.39 is 20.8 Å². The summed E-state index contributed by atoms with van der Waals surface area (Å²) in [7, 11) is 11.0. The van der Waals surface area contributed by atoms with Crippen molar-refractivity contribution in [2.75, 3.05) is 67.3 Å². The van der Waals surface area contributed by atoms with E-state index in [1.165, 1.54) is 0 Å². The molecular weight excluding hydrogens is 272 g/mol. The monoisotopic (exact) mass is 302 g/mol. The minimum Gasteiger partial charge on any atom is -0.261 e. The lowest BCUT2D eigenvalue weighted by Crippen LogP contribution is -2.38. The first kappa shape index (κ1) is 17.9. The molecule has 4 nitrogen and oxygen atoms in total. The molecule has 0 rings (SSSR count). The fourth-order valence-corrected chi connectivity index (χ4v) is 9.09. The van der Waals surface area contributed by atoms with Gasteiger partial charge in [-0.1, -0.05) is 0 Å². The van der Waals surface area contributed by atoms with E-state index in [-0.39, 0.29) is 0 Å². The van der Waals surface area contributed by atoms with E-state index in [0.717, 1.165) is 0 Å². The predicted molar refractivity (Wildman–Crippen MR) is 89.4 cm³/mol. The Morgan fingerprint density at radius 2 is 0.941 bits per heavy atom. The second-order valence-corrected chi connectivity index (χ2v) is 14.2. The van der Waals surface area contributed by atoms with Crippen molar-refractivity contribution in [2.24, 2.45) is 0 Å². The van der Waals surface area contributed by atoms with Crippen molar-refractivity contribution in [3.8, 4) is 0 Å². The van der Waals surface area contributed by atoms with E-state index in [1.54, 1.807) is 0 Å². The maximum Gasteiger partial charge on any atom is 0.0299 e. The van der Waals surface area contributed by atoms with Gasteiger partial charge in [-0.05, 0) is 67.3 Å². The number of hydrogen-bond donors (Lipinski definition) is 0. The molecule has 108 valence electrons. The standard InChI is InChI=1S/C10H30N4S3/c1-11(2)15-14(16(7,8)12(3)4)17(9,10)13(5)6/h1-10H3. The second-order valence-electron chi connectivity index (χ2n) is 5.18. The van der Waals surface area contributed by atoms with Gasteiger partial charge in [-0.3, -0.25) is 8.61 Å². The van der Waals surface area contributed by atoms with Crippen molar-refractivity contribution >= 4 is 32.9 Å². The van der Waals surface area contributed by atoms with Gasteiger partial charge in [0.2, 0.25) is 0 Å². The third-order valence-corrected chi connectivity index (χ3v) is 13.0. The second kappa shape index (κ2) is 6.36. The Balaban J connectivity index is 5.28. The van der Waals surface area contributed by atoms with Crippen LogP contribution in [0.15, 0.2) is 0 Å². The van der Waals surface area contributed by atoms with E-state index in [9.17, 15) is 0 Å². The smallest absolute Gasteiger partial charge is 0.0299 e. The molecule has 0 aliphatic heterocycles. The summed E-state index contributed by atoms with van der Waals surface area (Å²) in [5, 5.41) is 0. The van der Waals surface area contributed by atoms with Crippen LogP contribution in [0.2, 0.25) is 0 Å². The summed E-state index contributed by atoms with van der Waals surface area (Å²) in [6, 6.07) is 0. The van der Waals surface area contributed by atoms with Crippen molar-refractivity contribution < 1.29 is 0 Å². The molecule has 0 saturated heterocycles. The van der Waals surface area contributed by atoms with Crippen LogP contribution in [0.1, 0.15) is 0 Å². The maximum absolute atomic E-state index is 2.58. The van der Waals surface area contributed by atoms with Gasteiger partial charge in [0.05, 0.1) is 0 Å². The SMILES string of the molecule is CN(C)SN(S(C)(C)N(C)C)S(C)(C)N(C)C. The van der Waals surface area contributed by atoms with Crippen molar-refractivity contribution in [2.45, 2.75) is 0 Å². The molecular formula is C10H30N4S3. The Morgan fingerprint density at radius 1 is 0.647 bits per heavy atom. The highest BCUT2D eigenvalue weighted by Crippen LogP contribution is 2.66. The zero-order valence-corrected chi connectivity index (χ0v) is 15.5. The summed E-state index contributed by atoms with van der Waals surface area (Å²) in [5.74, 6) is 0.